The van der Waals surface area contributed by atoms with Gasteiger partial charge in [-0.05, 0) is 84.6 Å². The maximum absolute atomic E-state index is 14.4. The summed E-state index contributed by atoms with van der Waals surface area (Å²) in [5.74, 6) is -5.07. The van der Waals surface area contributed by atoms with Crippen LogP contribution in [0.1, 0.15) is 100.0 Å². The Morgan fingerprint density at radius 3 is 1.02 bits per heavy atom. The van der Waals surface area contributed by atoms with E-state index in [4.69, 9.17) is 46.4 Å². The van der Waals surface area contributed by atoms with Crippen LogP contribution in [0.4, 0.5) is 11.4 Å². The van der Waals surface area contributed by atoms with Crippen LogP contribution in [0, 0.1) is 0 Å². The van der Waals surface area contributed by atoms with Crippen LogP contribution >= 0.6 is 46.4 Å². The van der Waals surface area contributed by atoms with E-state index >= 15 is 0 Å². The quantitative estimate of drug-likeness (QED) is 0.0872. The topological polar surface area (TPSA) is 149 Å². The third-order valence-electron chi connectivity index (χ3n) is 11.0. The second kappa shape index (κ2) is 13.4. The lowest BCUT2D eigenvalue weighted by Gasteiger charge is -2.31. The van der Waals surface area contributed by atoms with Gasteiger partial charge in [0.2, 0.25) is 0 Å². The van der Waals surface area contributed by atoms with Gasteiger partial charge in [0.25, 0.3) is 23.6 Å². The number of carboxylic acids is 2. The van der Waals surface area contributed by atoms with E-state index in [2.05, 4.69) is 0 Å². The van der Waals surface area contributed by atoms with Gasteiger partial charge in [0.1, 0.15) is 0 Å². The number of imide groups is 2. The Morgan fingerprint density at radius 1 is 0.466 bits per heavy atom. The molecule has 4 amide bonds. The molecule has 2 N–H and O–H groups in total. The number of benzene rings is 7. The molecule has 2 aliphatic rings. The van der Waals surface area contributed by atoms with Crippen molar-refractivity contribution in [3.05, 3.63) is 125 Å². The van der Waals surface area contributed by atoms with Crippen molar-refractivity contribution in [2.45, 2.75) is 39.5 Å². The van der Waals surface area contributed by atoms with Crippen molar-refractivity contribution >= 4 is 136 Å². The Labute approximate surface area is 348 Å². The average Bonchev–Trinajstić information content (AvgIpc) is 3.17. The SMILES string of the molecule is CCCc1cc(N2C(=O)c3cc(Cl)c4c5c(Cl)cc6c7c(cc(Cl)c(c8c(Cl)cc(c3c48)C2=O)c75)C(=O)N(c2ccc(C(=O)O)c(CCC)c2)C6=O)ccc1C(=O)O. The number of nitrogens with zero attached hydrogens (tertiary/aromatic N) is 2. The average molecular weight is 853 g/mol. The molecule has 58 heavy (non-hydrogen) atoms. The zero-order valence-electron chi connectivity index (χ0n) is 30.4. The lowest BCUT2D eigenvalue weighted by molar-refractivity contribution is 0.0684. The van der Waals surface area contributed by atoms with Gasteiger partial charge in [-0.2, -0.15) is 0 Å². The molecule has 2 heterocycles. The number of carboxylic acid groups (broad SMARTS) is 2. The van der Waals surface area contributed by atoms with E-state index in [1.807, 2.05) is 13.8 Å². The summed E-state index contributed by atoms with van der Waals surface area (Å²) in [7, 11) is 0. The van der Waals surface area contributed by atoms with Gasteiger partial charge in [-0.1, -0.05) is 73.1 Å². The lowest BCUT2D eigenvalue weighted by atomic mass is 9.81. The summed E-state index contributed by atoms with van der Waals surface area (Å²) in [5.41, 5.74) is 1.70. The molecule has 7 aromatic carbocycles. The molecule has 0 atom stereocenters. The maximum Gasteiger partial charge on any atom is 0.335 e. The van der Waals surface area contributed by atoms with Crippen LogP contribution in [0.5, 0.6) is 0 Å². The van der Waals surface area contributed by atoms with Gasteiger partial charge >= 0.3 is 11.9 Å². The van der Waals surface area contributed by atoms with E-state index in [0.717, 1.165) is 9.80 Å². The molecule has 0 unspecified atom stereocenters. The molecule has 0 aliphatic carbocycles. The molecular weight excluding hydrogens is 826 g/mol. The van der Waals surface area contributed by atoms with Crippen LogP contribution in [0.25, 0.3) is 43.1 Å². The molecule has 288 valence electrons. The first-order chi connectivity index (χ1) is 27.7. The minimum absolute atomic E-state index is 0.0618. The second-order valence-electron chi connectivity index (χ2n) is 14.3. The smallest absolute Gasteiger partial charge is 0.335 e. The minimum Gasteiger partial charge on any atom is -0.478 e. The summed E-state index contributed by atoms with van der Waals surface area (Å²) in [4.78, 5) is 83.6. The number of carbonyl (C=O) groups excluding carboxylic acids is 4. The van der Waals surface area contributed by atoms with Crippen LogP contribution in [0.2, 0.25) is 20.1 Å². The predicted octanol–water partition coefficient (Wildman–Crippen LogP) is 11.3. The van der Waals surface area contributed by atoms with Crippen molar-refractivity contribution in [3.63, 3.8) is 0 Å². The zero-order valence-corrected chi connectivity index (χ0v) is 33.4. The number of aromatic carboxylic acids is 2. The molecule has 0 spiro atoms. The van der Waals surface area contributed by atoms with Crippen molar-refractivity contribution in [1.29, 1.82) is 0 Å². The summed E-state index contributed by atoms with van der Waals surface area (Å²) < 4.78 is 0. The largest absolute Gasteiger partial charge is 0.478 e. The van der Waals surface area contributed by atoms with Crippen LogP contribution in [0.15, 0.2) is 60.7 Å². The molecule has 2 aliphatic heterocycles. The van der Waals surface area contributed by atoms with Gasteiger partial charge in [-0.15, -0.1) is 0 Å². The standard InChI is InChI=1S/C44H26Cl4N2O8/c1-3-5-17-11-19(7-9-21(17)43(55)56)49-39(51)23-13-27(45)33-35-29(47)15-25-32-26(42(54)50(41(25)53)20-8-10-22(44(57)58)18(12-20)6-4-2)16-30(48)36(38(32)35)34-28(46)14-24(40(49)52)31(23)37(33)34/h7-16H,3-6H2,1-2H3,(H,55,56)(H,57,58). The Morgan fingerprint density at radius 2 is 0.759 bits per heavy atom. The highest BCUT2D eigenvalue weighted by Gasteiger charge is 2.41. The van der Waals surface area contributed by atoms with Crippen LogP contribution in [-0.2, 0) is 12.8 Å². The molecule has 0 bridgehead atoms. The zero-order chi connectivity index (χ0) is 41.2. The number of carbonyl (C=O) groups is 6. The number of hydrogen-bond acceptors (Lipinski definition) is 6. The number of hydrogen-bond donors (Lipinski definition) is 2. The molecule has 0 saturated heterocycles. The summed E-state index contributed by atoms with van der Waals surface area (Å²) in [6.07, 6.45) is 2.03. The third kappa shape index (κ3) is 5.12. The number of fused-ring (bicyclic) bond motifs is 2. The Bertz CT molecular complexity index is 2800. The molecule has 0 aromatic heterocycles. The summed E-state index contributed by atoms with van der Waals surface area (Å²) in [6.45, 7) is 3.77. The predicted molar refractivity (Wildman–Crippen MR) is 225 cm³/mol. The summed E-state index contributed by atoms with van der Waals surface area (Å²) in [5, 5.41) is 22.2. The fraction of sp³-hybridized carbons (Fsp3) is 0.136. The highest BCUT2D eigenvalue weighted by atomic mass is 35.5. The molecule has 9 rings (SSSR count). The van der Waals surface area contributed by atoms with Gasteiger partial charge in [0.15, 0.2) is 0 Å². The molecule has 14 heteroatoms. The lowest BCUT2D eigenvalue weighted by Crippen LogP contribution is -2.41. The van der Waals surface area contributed by atoms with Gasteiger partial charge in [-0.25, -0.2) is 19.4 Å². The second-order valence-corrected chi connectivity index (χ2v) is 15.9. The van der Waals surface area contributed by atoms with Gasteiger partial charge in [0, 0.05) is 63.2 Å². The third-order valence-corrected chi connectivity index (χ3v) is 12.2. The highest BCUT2D eigenvalue weighted by Crippen LogP contribution is 2.54. The Balaban J connectivity index is 1.30. The number of halogens is 4. The summed E-state index contributed by atoms with van der Waals surface area (Å²) in [6, 6.07) is 14.3. The van der Waals surface area contributed by atoms with E-state index in [9.17, 15) is 39.0 Å². The number of amides is 4. The fourth-order valence-electron chi connectivity index (χ4n) is 8.74. The van der Waals surface area contributed by atoms with Crippen molar-refractivity contribution in [2.24, 2.45) is 0 Å². The number of aryl methyl sites for hydroxylation is 2. The first kappa shape index (κ1) is 37.8. The molecule has 0 fully saturated rings. The molecule has 0 radical (unpaired) electrons. The molecular formula is C44H26Cl4N2O8. The number of anilines is 2. The van der Waals surface area contributed by atoms with Crippen LogP contribution < -0.4 is 9.80 Å². The fourth-order valence-corrected chi connectivity index (χ4v) is 9.93. The first-order valence-corrected chi connectivity index (χ1v) is 19.7. The van der Waals surface area contributed by atoms with E-state index in [0.29, 0.717) is 69.1 Å². The van der Waals surface area contributed by atoms with Gasteiger partial charge in [0.05, 0.1) is 44.8 Å². The maximum atomic E-state index is 14.4. The molecule has 7 aromatic rings. The molecule has 0 saturated carbocycles. The normalized spacial score (nSPS) is 14.0. The Hall–Kier alpha value is -5.78. The van der Waals surface area contributed by atoms with Crippen molar-refractivity contribution < 1.29 is 39.0 Å². The van der Waals surface area contributed by atoms with Crippen molar-refractivity contribution in [1.82, 2.24) is 0 Å². The monoisotopic (exact) mass is 850 g/mol. The van der Waals surface area contributed by atoms with Crippen LogP contribution in [-0.4, -0.2) is 45.8 Å². The molecule has 10 nitrogen and oxygen atoms in total. The minimum atomic E-state index is -1.13. The van der Waals surface area contributed by atoms with Crippen molar-refractivity contribution in [2.75, 3.05) is 9.80 Å². The Kier molecular flexibility index (Phi) is 8.72. The highest BCUT2D eigenvalue weighted by molar-refractivity contribution is 6.57. The number of rotatable bonds is 8. The van der Waals surface area contributed by atoms with Crippen molar-refractivity contribution in [3.8, 4) is 0 Å². The van der Waals surface area contributed by atoms with E-state index in [1.54, 1.807) is 0 Å². The van der Waals surface area contributed by atoms with E-state index in [-0.39, 0.29) is 75.6 Å². The van der Waals surface area contributed by atoms with Gasteiger partial charge < -0.3 is 10.2 Å². The van der Waals surface area contributed by atoms with E-state index in [1.165, 1.54) is 60.7 Å². The summed E-state index contributed by atoms with van der Waals surface area (Å²) >= 11 is 28.5. The van der Waals surface area contributed by atoms with Crippen LogP contribution in [0.3, 0.4) is 0 Å². The van der Waals surface area contributed by atoms with Gasteiger partial charge in [-0.3, -0.25) is 19.2 Å². The first-order valence-electron chi connectivity index (χ1n) is 18.2. The van der Waals surface area contributed by atoms with E-state index < -0.39 is 35.6 Å².